The van der Waals surface area contributed by atoms with Crippen LogP contribution in [0.25, 0.3) is 0 Å². The number of nitrogens with zero attached hydrogens (tertiary/aromatic N) is 3. The van der Waals surface area contributed by atoms with Crippen LogP contribution in [0.2, 0.25) is 0 Å². The lowest BCUT2D eigenvalue weighted by Gasteiger charge is -2.33. The van der Waals surface area contributed by atoms with E-state index in [2.05, 4.69) is 33.2 Å². The minimum absolute atomic E-state index is 0.154. The van der Waals surface area contributed by atoms with Crippen molar-refractivity contribution in [3.05, 3.63) is 46.2 Å². The Morgan fingerprint density at radius 3 is 3.14 bits per heavy atom. The molecule has 5 heteroatoms. The normalized spacial score (nSPS) is 28.7. The van der Waals surface area contributed by atoms with Crippen molar-refractivity contribution < 1.29 is 4.74 Å². The highest BCUT2D eigenvalue weighted by molar-refractivity contribution is 7.10. The second-order valence-electron chi connectivity index (χ2n) is 6.34. The van der Waals surface area contributed by atoms with E-state index in [0.717, 1.165) is 25.2 Å². The maximum Gasteiger partial charge on any atom is 0.115 e. The summed E-state index contributed by atoms with van der Waals surface area (Å²) in [4.78, 5) is 12.4. The molecule has 4 rings (SSSR count). The second-order valence-corrected chi connectivity index (χ2v) is 7.34. The Kier molecular flexibility index (Phi) is 3.94. The fourth-order valence-corrected chi connectivity index (χ4v) is 4.54. The van der Waals surface area contributed by atoms with Gasteiger partial charge in [0.05, 0.1) is 11.8 Å². The van der Waals surface area contributed by atoms with Crippen molar-refractivity contribution in [3.63, 3.8) is 0 Å². The summed E-state index contributed by atoms with van der Waals surface area (Å²) in [5.41, 5.74) is 2.45. The average molecular weight is 315 g/mol. The Bertz CT molecular complexity index is 630. The Morgan fingerprint density at radius 1 is 1.41 bits per heavy atom. The molecule has 4 nitrogen and oxygen atoms in total. The van der Waals surface area contributed by atoms with Crippen LogP contribution >= 0.6 is 11.3 Å². The molecule has 0 N–H and O–H groups in total. The summed E-state index contributed by atoms with van der Waals surface area (Å²) in [7, 11) is 0. The molecule has 0 radical (unpaired) electrons. The van der Waals surface area contributed by atoms with Crippen molar-refractivity contribution in [2.45, 2.75) is 38.5 Å². The Hall–Kier alpha value is -1.30. The molecule has 4 heterocycles. The van der Waals surface area contributed by atoms with Gasteiger partial charge in [-0.05, 0) is 55.3 Å². The standard InChI is InChI=1S/C17H21N3OS/c1-12-4-7-22-17(12)10-20-6-3-13-8-15(21-16(13)9-20)14-2-5-18-11-19-14/h2,4-5,7,11,13,15-16H,3,6,8-10H2,1H3/t13-,15-,16+/m1/s1. The van der Waals surface area contributed by atoms with E-state index < -0.39 is 0 Å². The summed E-state index contributed by atoms with van der Waals surface area (Å²) in [6, 6.07) is 4.19. The molecule has 2 aliphatic rings. The monoisotopic (exact) mass is 315 g/mol. The number of ether oxygens (including phenoxy) is 1. The quantitative estimate of drug-likeness (QED) is 0.872. The smallest absolute Gasteiger partial charge is 0.115 e. The van der Waals surface area contributed by atoms with Crippen LogP contribution in [0.3, 0.4) is 0 Å². The second kappa shape index (κ2) is 6.07. The molecular weight excluding hydrogens is 294 g/mol. The molecule has 2 aromatic rings. The van der Waals surface area contributed by atoms with Crippen molar-refractivity contribution in [1.29, 1.82) is 0 Å². The SMILES string of the molecule is Cc1ccsc1CN1CC[C@@H]2C[C@H](c3ccncn3)O[C@H]2C1. The lowest BCUT2D eigenvalue weighted by Crippen LogP contribution is -2.41. The molecule has 2 fully saturated rings. The zero-order valence-electron chi connectivity index (χ0n) is 12.8. The van der Waals surface area contributed by atoms with Crippen LogP contribution in [-0.4, -0.2) is 34.1 Å². The summed E-state index contributed by atoms with van der Waals surface area (Å²) in [5.74, 6) is 0.681. The molecule has 22 heavy (non-hydrogen) atoms. The number of rotatable bonds is 3. The molecule has 0 bridgehead atoms. The van der Waals surface area contributed by atoms with Gasteiger partial charge < -0.3 is 4.74 Å². The van der Waals surface area contributed by atoms with Crippen LogP contribution in [0.15, 0.2) is 30.0 Å². The van der Waals surface area contributed by atoms with Crippen LogP contribution in [-0.2, 0) is 11.3 Å². The third-order valence-electron chi connectivity index (χ3n) is 4.91. The molecule has 0 unspecified atom stereocenters. The minimum Gasteiger partial charge on any atom is -0.367 e. The predicted molar refractivity (Wildman–Crippen MR) is 86.7 cm³/mol. The van der Waals surface area contributed by atoms with Gasteiger partial charge in [-0.15, -0.1) is 11.3 Å². The third-order valence-corrected chi connectivity index (χ3v) is 5.91. The van der Waals surface area contributed by atoms with Gasteiger partial charge in [0.25, 0.3) is 0 Å². The fourth-order valence-electron chi connectivity index (χ4n) is 3.59. The van der Waals surface area contributed by atoms with E-state index in [1.54, 1.807) is 12.5 Å². The van der Waals surface area contributed by atoms with Crippen molar-refractivity contribution in [3.8, 4) is 0 Å². The number of thiophene rings is 1. The highest BCUT2D eigenvalue weighted by atomic mass is 32.1. The number of aromatic nitrogens is 2. The molecule has 0 aliphatic carbocycles. The van der Waals surface area contributed by atoms with E-state index >= 15 is 0 Å². The summed E-state index contributed by atoms with van der Waals surface area (Å²) in [6.45, 7) is 5.49. The van der Waals surface area contributed by atoms with E-state index in [4.69, 9.17) is 4.74 Å². The molecule has 0 spiro atoms. The Balaban J connectivity index is 1.40. The fraction of sp³-hybridized carbons (Fsp3) is 0.529. The van der Waals surface area contributed by atoms with Gasteiger partial charge in [0.15, 0.2) is 0 Å². The topological polar surface area (TPSA) is 38.2 Å². The van der Waals surface area contributed by atoms with E-state index in [0.29, 0.717) is 12.0 Å². The van der Waals surface area contributed by atoms with E-state index in [9.17, 15) is 0 Å². The molecule has 116 valence electrons. The number of fused-ring (bicyclic) bond motifs is 1. The lowest BCUT2D eigenvalue weighted by atomic mass is 9.91. The van der Waals surface area contributed by atoms with Gasteiger partial charge in [0.2, 0.25) is 0 Å². The van der Waals surface area contributed by atoms with E-state index in [-0.39, 0.29) is 6.10 Å². The zero-order valence-corrected chi connectivity index (χ0v) is 13.6. The highest BCUT2D eigenvalue weighted by Gasteiger charge is 2.40. The summed E-state index contributed by atoms with van der Waals surface area (Å²) >= 11 is 1.87. The largest absolute Gasteiger partial charge is 0.367 e. The van der Waals surface area contributed by atoms with Crippen molar-refractivity contribution >= 4 is 11.3 Å². The number of hydrogen-bond acceptors (Lipinski definition) is 5. The molecule has 2 aliphatic heterocycles. The molecule has 0 aromatic carbocycles. The van der Waals surface area contributed by atoms with Crippen LogP contribution in [0.1, 0.15) is 35.1 Å². The van der Waals surface area contributed by atoms with Crippen LogP contribution in [0.4, 0.5) is 0 Å². The van der Waals surface area contributed by atoms with Crippen molar-refractivity contribution in [2.75, 3.05) is 13.1 Å². The van der Waals surface area contributed by atoms with Crippen LogP contribution in [0.5, 0.6) is 0 Å². The molecule has 2 aromatic heterocycles. The molecule has 3 atom stereocenters. The molecule has 2 saturated heterocycles. The maximum atomic E-state index is 6.30. The number of piperidine rings is 1. The third kappa shape index (κ3) is 2.81. The molecule has 0 saturated carbocycles. The van der Waals surface area contributed by atoms with Gasteiger partial charge in [-0.2, -0.15) is 0 Å². The van der Waals surface area contributed by atoms with Gasteiger partial charge in [0.1, 0.15) is 12.4 Å². The first-order valence-electron chi connectivity index (χ1n) is 7.96. The predicted octanol–water partition coefficient (Wildman–Crippen LogP) is 3.20. The number of likely N-dealkylation sites (tertiary alicyclic amines) is 1. The van der Waals surface area contributed by atoms with Gasteiger partial charge >= 0.3 is 0 Å². The first-order chi connectivity index (χ1) is 10.8. The van der Waals surface area contributed by atoms with Gasteiger partial charge in [-0.1, -0.05) is 0 Å². The van der Waals surface area contributed by atoms with Crippen LogP contribution < -0.4 is 0 Å². The minimum atomic E-state index is 0.154. The lowest BCUT2D eigenvalue weighted by molar-refractivity contribution is -0.0104. The maximum absolute atomic E-state index is 6.30. The number of aryl methyl sites for hydroxylation is 1. The van der Waals surface area contributed by atoms with Crippen molar-refractivity contribution in [1.82, 2.24) is 14.9 Å². The number of hydrogen-bond donors (Lipinski definition) is 0. The van der Waals surface area contributed by atoms with Crippen molar-refractivity contribution in [2.24, 2.45) is 5.92 Å². The van der Waals surface area contributed by atoms with Gasteiger partial charge in [-0.25, -0.2) is 9.97 Å². The Morgan fingerprint density at radius 2 is 2.36 bits per heavy atom. The summed E-state index contributed by atoms with van der Waals surface area (Å²) < 4.78 is 6.30. The van der Waals surface area contributed by atoms with Crippen LogP contribution in [0, 0.1) is 12.8 Å². The average Bonchev–Trinajstić information content (AvgIpc) is 3.14. The highest BCUT2D eigenvalue weighted by Crippen LogP contribution is 2.40. The van der Waals surface area contributed by atoms with E-state index in [1.165, 1.54) is 23.4 Å². The molecule has 0 amide bonds. The summed E-state index contributed by atoms with van der Waals surface area (Å²) in [6.07, 6.45) is 6.27. The first-order valence-corrected chi connectivity index (χ1v) is 8.84. The zero-order chi connectivity index (χ0) is 14.9. The summed E-state index contributed by atoms with van der Waals surface area (Å²) in [5, 5.41) is 2.19. The Labute approximate surface area is 135 Å². The first kappa shape index (κ1) is 14.3. The van der Waals surface area contributed by atoms with Gasteiger partial charge in [0, 0.05) is 24.2 Å². The van der Waals surface area contributed by atoms with Gasteiger partial charge in [-0.3, -0.25) is 4.90 Å². The molecular formula is C17H21N3OS. The van der Waals surface area contributed by atoms with E-state index in [1.807, 2.05) is 17.4 Å².